The largest absolute Gasteiger partial charge is 0.355 e. The molecular weight excluding hydrogens is 334 g/mol. The highest BCUT2D eigenvalue weighted by molar-refractivity contribution is 7.89. The zero-order valence-electron chi connectivity index (χ0n) is 13.1. The number of aromatic amines is 2. The second-order valence-corrected chi connectivity index (χ2v) is 6.95. The van der Waals surface area contributed by atoms with Crippen molar-refractivity contribution >= 4 is 31.8 Å². The van der Waals surface area contributed by atoms with Crippen LogP contribution in [0.5, 0.6) is 0 Å². The van der Waals surface area contributed by atoms with E-state index in [-0.39, 0.29) is 17.0 Å². The summed E-state index contributed by atoms with van der Waals surface area (Å²) in [4.78, 5) is 17.5. The number of methoxy groups -OCH3 is 2. The molecule has 2 aromatic heterocycles. The van der Waals surface area contributed by atoms with Gasteiger partial charge in [0.15, 0.2) is 6.29 Å². The second-order valence-electron chi connectivity index (χ2n) is 5.18. The van der Waals surface area contributed by atoms with Crippen LogP contribution in [0, 0.1) is 0 Å². The zero-order chi connectivity index (χ0) is 17.3. The Morgan fingerprint density at radius 1 is 1.17 bits per heavy atom. The molecule has 3 rings (SSSR count). The number of aromatic nitrogens is 2. The third kappa shape index (κ3) is 2.94. The fourth-order valence-corrected chi connectivity index (χ4v) is 3.55. The number of pyridine rings is 1. The number of rotatable bonds is 6. The monoisotopic (exact) mass is 351 g/mol. The van der Waals surface area contributed by atoms with E-state index >= 15 is 0 Å². The van der Waals surface area contributed by atoms with Crippen molar-refractivity contribution in [1.29, 1.82) is 0 Å². The van der Waals surface area contributed by atoms with Crippen molar-refractivity contribution in [2.75, 3.05) is 20.8 Å². The SMILES string of the molecule is COC(CNS(=O)(=O)c1ccc2[nH]c3c(=O)[nH]ccc3c2c1)OC. The van der Waals surface area contributed by atoms with Crippen LogP contribution in [0.2, 0.25) is 0 Å². The van der Waals surface area contributed by atoms with Crippen molar-refractivity contribution in [2.24, 2.45) is 0 Å². The molecule has 0 fully saturated rings. The van der Waals surface area contributed by atoms with Gasteiger partial charge in [-0.3, -0.25) is 4.79 Å². The minimum Gasteiger partial charge on any atom is -0.355 e. The Morgan fingerprint density at radius 3 is 2.62 bits per heavy atom. The first-order chi connectivity index (χ1) is 11.5. The molecule has 0 amide bonds. The molecule has 24 heavy (non-hydrogen) atoms. The van der Waals surface area contributed by atoms with Crippen molar-refractivity contribution in [3.63, 3.8) is 0 Å². The first kappa shape index (κ1) is 16.7. The molecule has 0 saturated heterocycles. The van der Waals surface area contributed by atoms with Crippen molar-refractivity contribution < 1.29 is 17.9 Å². The number of H-pyrrole nitrogens is 2. The van der Waals surface area contributed by atoms with E-state index in [2.05, 4.69) is 14.7 Å². The van der Waals surface area contributed by atoms with E-state index < -0.39 is 16.3 Å². The molecule has 9 heteroatoms. The summed E-state index contributed by atoms with van der Waals surface area (Å²) >= 11 is 0. The molecule has 3 N–H and O–H groups in total. The first-order valence-corrected chi connectivity index (χ1v) is 8.63. The lowest BCUT2D eigenvalue weighted by molar-refractivity contribution is -0.0960. The Balaban J connectivity index is 2.02. The predicted molar refractivity (Wildman–Crippen MR) is 89.4 cm³/mol. The van der Waals surface area contributed by atoms with Crippen molar-refractivity contribution in [2.45, 2.75) is 11.2 Å². The topological polar surface area (TPSA) is 113 Å². The van der Waals surface area contributed by atoms with Gasteiger partial charge in [0.2, 0.25) is 10.0 Å². The minimum absolute atomic E-state index is 0.0130. The first-order valence-electron chi connectivity index (χ1n) is 7.14. The van der Waals surface area contributed by atoms with Gasteiger partial charge in [0.25, 0.3) is 5.56 Å². The average Bonchev–Trinajstić information content (AvgIpc) is 2.95. The van der Waals surface area contributed by atoms with Crippen LogP contribution in [-0.4, -0.2) is 45.4 Å². The molecule has 0 radical (unpaired) electrons. The summed E-state index contributed by atoms with van der Waals surface area (Å²) in [5, 5.41) is 1.33. The maximum Gasteiger partial charge on any atom is 0.272 e. The smallest absolute Gasteiger partial charge is 0.272 e. The van der Waals surface area contributed by atoms with E-state index in [0.29, 0.717) is 21.8 Å². The highest BCUT2D eigenvalue weighted by Gasteiger charge is 2.18. The number of hydrogen-bond acceptors (Lipinski definition) is 5. The van der Waals surface area contributed by atoms with Crippen LogP contribution >= 0.6 is 0 Å². The molecule has 0 aliphatic heterocycles. The van der Waals surface area contributed by atoms with Crippen molar-refractivity contribution in [3.05, 3.63) is 40.8 Å². The molecule has 0 spiro atoms. The van der Waals surface area contributed by atoms with Gasteiger partial charge in [0.1, 0.15) is 5.52 Å². The summed E-state index contributed by atoms with van der Waals surface area (Å²) in [7, 11) is -0.876. The maximum absolute atomic E-state index is 12.4. The van der Waals surface area contributed by atoms with Crippen LogP contribution in [0.25, 0.3) is 21.8 Å². The van der Waals surface area contributed by atoms with E-state index in [1.165, 1.54) is 32.5 Å². The molecule has 0 unspecified atom stereocenters. The van der Waals surface area contributed by atoms with Crippen LogP contribution in [0.3, 0.4) is 0 Å². The number of sulfonamides is 1. The van der Waals surface area contributed by atoms with Gasteiger partial charge in [-0.25, -0.2) is 13.1 Å². The molecule has 0 aliphatic carbocycles. The fraction of sp³-hybridized carbons (Fsp3) is 0.267. The van der Waals surface area contributed by atoms with Crippen LogP contribution in [0.1, 0.15) is 0 Å². The van der Waals surface area contributed by atoms with Gasteiger partial charge in [-0.05, 0) is 24.3 Å². The molecule has 0 saturated carbocycles. The highest BCUT2D eigenvalue weighted by atomic mass is 32.2. The van der Waals surface area contributed by atoms with Crippen molar-refractivity contribution in [3.8, 4) is 0 Å². The number of benzene rings is 1. The number of ether oxygens (including phenoxy) is 2. The lowest BCUT2D eigenvalue weighted by atomic mass is 10.2. The molecule has 128 valence electrons. The Hall–Kier alpha value is -2.20. The number of nitrogens with one attached hydrogen (secondary N) is 3. The normalized spacial score (nSPS) is 12.5. The maximum atomic E-state index is 12.4. The Morgan fingerprint density at radius 2 is 1.92 bits per heavy atom. The predicted octanol–water partition coefficient (Wildman–Crippen LogP) is 0.907. The lowest BCUT2D eigenvalue weighted by Crippen LogP contribution is -2.34. The van der Waals surface area contributed by atoms with E-state index in [0.717, 1.165) is 0 Å². The van der Waals surface area contributed by atoms with Gasteiger partial charge in [0, 0.05) is 36.7 Å². The minimum atomic E-state index is -3.73. The van der Waals surface area contributed by atoms with Gasteiger partial charge in [-0.2, -0.15) is 0 Å². The van der Waals surface area contributed by atoms with Crippen LogP contribution in [0.4, 0.5) is 0 Å². The summed E-state index contributed by atoms with van der Waals surface area (Å²) in [6.07, 6.45) is 0.856. The quantitative estimate of drug-likeness (QED) is 0.571. The van der Waals surface area contributed by atoms with Crippen LogP contribution in [0.15, 0.2) is 40.2 Å². The molecule has 0 bridgehead atoms. The number of hydrogen-bond donors (Lipinski definition) is 3. The Bertz CT molecular complexity index is 1030. The highest BCUT2D eigenvalue weighted by Crippen LogP contribution is 2.25. The van der Waals surface area contributed by atoms with Gasteiger partial charge >= 0.3 is 0 Å². The Kier molecular flexibility index (Phi) is 4.41. The average molecular weight is 351 g/mol. The standard InChI is InChI=1S/C15H17N3O5S/c1-22-13(23-2)8-17-24(20,21)9-3-4-12-11(7-9)10-5-6-16-15(19)14(10)18-12/h3-7,13,17-18H,8H2,1-2H3,(H,16,19). The lowest BCUT2D eigenvalue weighted by Gasteiger charge is -2.14. The van der Waals surface area contributed by atoms with Crippen molar-refractivity contribution in [1.82, 2.24) is 14.7 Å². The molecule has 0 atom stereocenters. The fourth-order valence-electron chi connectivity index (χ4n) is 2.51. The Labute approximate surface area is 137 Å². The molecule has 0 aliphatic rings. The summed E-state index contributed by atoms with van der Waals surface area (Å²) in [6.45, 7) is -0.0130. The summed E-state index contributed by atoms with van der Waals surface area (Å²) in [5.74, 6) is 0. The zero-order valence-corrected chi connectivity index (χ0v) is 13.9. The van der Waals surface area contributed by atoms with Gasteiger partial charge < -0.3 is 19.4 Å². The van der Waals surface area contributed by atoms with E-state index in [1.807, 2.05) is 0 Å². The number of fused-ring (bicyclic) bond motifs is 3. The van der Waals surface area contributed by atoms with E-state index in [4.69, 9.17) is 9.47 Å². The molecule has 8 nitrogen and oxygen atoms in total. The van der Waals surface area contributed by atoms with Crippen LogP contribution < -0.4 is 10.3 Å². The van der Waals surface area contributed by atoms with E-state index in [1.54, 1.807) is 12.1 Å². The van der Waals surface area contributed by atoms with Gasteiger partial charge in [-0.1, -0.05) is 0 Å². The van der Waals surface area contributed by atoms with E-state index in [9.17, 15) is 13.2 Å². The molecule has 1 aromatic carbocycles. The summed E-state index contributed by atoms with van der Waals surface area (Å²) in [6, 6.07) is 6.37. The van der Waals surface area contributed by atoms with Crippen LogP contribution in [-0.2, 0) is 19.5 Å². The summed E-state index contributed by atoms with van der Waals surface area (Å²) in [5.41, 5.74) is 0.843. The second kappa shape index (κ2) is 6.36. The third-order valence-electron chi connectivity index (χ3n) is 3.78. The molecular formula is C15H17N3O5S. The van der Waals surface area contributed by atoms with Gasteiger partial charge in [0.05, 0.1) is 11.4 Å². The molecule has 3 aromatic rings. The van der Waals surface area contributed by atoms with Gasteiger partial charge in [-0.15, -0.1) is 0 Å². The molecule has 2 heterocycles. The third-order valence-corrected chi connectivity index (χ3v) is 5.20. The summed E-state index contributed by atoms with van der Waals surface area (Å²) < 4.78 is 37.2.